The molecule has 0 aliphatic carbocycles. The van der Waals surface area contributed by atoms with Crippen molar-refractivity contribution < 1.29 is 23.4 Å². The van der Waals surface area contributed by atoms with Gasteiger partial charge in [-0.25, -0.2) is 9.59 Å². The summed E-state index contributed by atoms with van der Waals surface area (Å²) in [5.74, 6) is -0.426. The first kappa shape index (κ1) is 32.2. The van der Waals surface area contributed by atoms with Crippen LogP contribution in [0.1, 0.15) is 77.6 Å². The Bertz CT molecular complexity index is 1530. The third-order valence-electron chi connectivity index (χ3n) is 6.53. The van der Waals surface area contributed by atoms with Gasteiger partial charge in [0.05, 0.1) is 5.56 Å². The summed E-state index contributed by atoms with van der Waals surface area (Å²) >= 11 is 0. The van der Waals surface area contributed by atoms with E-state index in [4.69, 9.17) is 18.6 Å². The maximum Gasteiger partial charge on any atom is 0.383 e. The van der Waals surface area contributed by atoms with E-state index >= 15 is 0 Å². The number of ether oxygens (including phenoxy) is 3. The normalized spacial score (nSPS) is 11.7. The molecule has 0 unspecified atom stereocenters. The SMILES string of the molecule is CC(C)=CCC/C(C)=C/COc1cccc2oc(=O)c(OC(=O)c3ccccc3)c(OC/C=C(\C)CCC=C(C)C)c12. The molecular weight excluding hydrogens is 528 g/mol. The molecule has 0 aliphatic rings. The van der Waals surface area contributed by atoms with Gasteiger partial charge in [0, 0.05) is 0 Å². The first-order chi connectivity index (χ1) is 20.2. The Morgan fingerprint density at radius 1 is 0.714 bits per heavy atom. The minimum absolute atomic E-state index is 0.110. The minimum atomic E-state index is -0.807. The van der Waals surface area contributed by atoms with Crippen LogP contribution in [0.3, 0.4) is 0 Å². The molecule has 0 saturated heterocycles. The van der Waals surface area contributed by atoms with Crippen molar-refractivity contribution in [1.29, 1.82) is 0 Å². The summed E-state index contributed by atoms with van der Waals surface area (Å²) in [5.41, 5.74) is 4.70. The van der Waals surface area contributed by atoms with Crippen LogP contribution in [0.4, 0.5) is 0 Å². The molecule has 222 valence electrons. The molecule has 2 aromatic carbocycles. The summed E-state index contributed by atoms with van der Waals surface area (Å²) in [7, 11) is 0. The number of hydrogen-bond acceptors (Lipinski definition) is 6. The van der Waals surface area contributed by atoms with Crippen LogP contribution in [0.2, 0.25) is 0 Å². The number of hydrogen-bond donors (Lipinski definition) is 0. The maximum absolute atomic E-state index is 13.1. The van der Waals surface area contributed by atoms with E-state index in [0.29, 0.717) is 23.3 Å². The molecule has 0 fully saturated rings. The van der Waals surface area contributed by atoms with Gasteiger partial charge in [-0.15, -0.1) is 0 Å². The molecule has 3 rings (SSSR count). The monoisotopic (exact) mass is 570 g/mol. The van der Waals surface area contributed by atoms with E-state index in [1.165, 1.54) is 16.7 Å². The number of carbonyl (C=O) groups excluding carboxylic acids is 1. The fourth-order valence-electron chi connectivity index (χ4n) is 4.17. The minimum Gasteiger partial charge on any atom is -0.489 e. The molecule has 0 amide bonds. The molecule has 3 aromatic rings. The highest BCUT2D eigenvalue weighted by molar-refractivity contribution is 5.95. The molecular formula is C36H42O6. The fourth-order valence-corrected chi connectivity index (χ4v) is 4.17. The van der Waals surface area contributed by atoms with Crippen LogP contribution in [-0.2, 0) is 0 Å². The highest BCUT2D eigenvalue weighted by Crippen LogP contribution is 2.39. The molecule has 6 nitrogen and oxygen atoms in total. The molecule has 1 aromatic heterocycles. The smallest absolute Gasteiger partial charge is 0.383 e. The van der Waals surface area contributed by atoms with Crippen LogP contribution in [0.5, 0.6) is 17.2 Å². The Kier molecular flexibility index (Phi) is 12.4. The summed E-state index contributed by atoms with van der Waals surface area (Å²) in [6.45, 7) is 12.9. The van der Waals surface area contributed by atoms with Gasteiger partial charge >= 0.3 is 11.6 Å². The largest absolute Gasteiger partial charge is 0.489 e. The third-order valence-corrected chi connectivity index (χ3v) is 6.53. The summed E-state index contributed by atoms with van der Waals surface area (Å²) < 4.78 is 23.5. The standard InChI is InChI=1S/C36H42O6/c1-25(2)13-10-15-27(5)21-23-39-30-19-12-20-31-32(30)33(40-24-22-28(6)16-11-14-26(3)4)34(36(38)41-31)42-35(37)29-17-8-7-9-18-29/h7-9,12-14,17-22H,10-11,15-16,23-24H2,1-6H3/b27-21+,28-22+. The molecule has 42 heavy (non-hydrogen) atoms. The van der Waals surface area contributed by atoms with E-state index in [2.05, 4.69) is 46.8 Å². The Hall–Kier alpha value is -4.32. The van der Waals surface area contributed by atoms with E-state index < -0.39 is 11.6 Å². The predicted molar refractivity (Wildman–Crippen MR) is 170 cm³/mol. The zero-order valence-corrected chi connectivity index (χ0v) is 25.6. The van der Waals surface area contributed by atoms with Crippen molar-refractivity contribution in [2.45, 2.75) is 67.2 Å². The molecule has 0 aliphatic heterocycles. The van der Waals surface area contributed by atoms with E-state index in [-0.39, 0.29) is 23.7 Å². The van der Waals surface area contributed by atoms with Crippen LogP contribution >= 0.6 is 0 Å². The van der Waals surface area contributed by atoms with Gasteiger partial charge in [0.15, 0.2) is 5.75 Å². The second kappa shape index (κ2) is 16.2. The predicted octanol–water partition coefficient (Wildman–Crippen LogP) is 9.16. The third kappa shape index (κ3) is 9.95. The van der Waals surface area contributed by atoms with Gasteiger partial charge < -0.3 is 18.6 Å². The Balaban J connectivity index is 1.96. The van der Waals surface area contributed by atoms with Crippen LogP contribution in [0.25, 0.3) is 11.0 Å². The van der Waals surface area contributed by atoms with Crippen molar-refractivity contribution in [3.05, 3.63) is 111 Å². The fraction of sp³-hybridized carbons (Fsp3) is 0.333. The number of benzene rings is 2. The quantitative estimate of drug-likeness (QED) is 0.109. The van der Waals surface area contributed by atoms with E-state index in [9.17, 15) is 9.59 Å². The lowest BCUT2D eigenvalue weighted by Crippen LogP contribution is -2.16. The van der Waals surface area contributed by atoms with E-state index in [1.54, 1.807) is 48.5 Å². The molecule has 0 N–H and O–H groups in total. The van der Waals surface area contributed by atoms with Crippen molar-refractivity contribution in [2.75, 3.05) is 13.2 Å². The van der Waals surface area contributed by atoms with Crippen molar-refractivity contribution >= 4 is 16.9 Å². The first-order valence-electron chi connectivity index (χ1n) is 14.4. The zero-order chi connectivity index (χ0) is 30.5. The molecule has 6 heteroatoms. The number of rotatable bonds is 14. The first-order valence-corrected chi connectivity index (χ1v) is 14.4. The lowest BCUT2D eigenvalue weighted by atomic mass is 10.1. The van der Waals surface area contributed by atoms with Crippen molar-refractivity contribution in [1.82, 2.24) is 0 Å². The van der Waals surface area contributed by atoms with Gasteiger partial charge in [-0.2, -0.15) is 0 Å². The van der Waals surface area contributed by atoms with Gasteiger partial charge in [-0.05, 0) is 104 Å². The summed E-state index contributed by atoms with van der Waals surface area (Å²) in [5, 5.41) is 0.430. The summed E-state index contributed by atoms with van der Waals surface area (Å²) in [6, 6.07) is 13.7. The molecule has 0 bridgehead atoms. The lowest BCUT2D eigenvalue weighted by Gasteiger charge is -2.15. The topological polar surface area (TPSA) is 75.0 Å². The average molecular weight is 571 g/mol. The van der Waals surface area contributed by atoms with Gasteiger partial charge in [0.2, 0.25) is 0 Å². The lowest BCUT2D eigenvalue weighted by molar-refractivity contribution is 0.0722. The molecule has 0 atom stereocenters. The van der Waals surface area contributed by atoms with Gasteiger partial charge in [-0.1, -0.05) is 58.7 Å². The molecule has 0 saturated carbocycles. The summed E-state index contributed by atoms with van der Waals surface area (Å²) in [6.07, 6.45) is 12.1. The van der Waals surface area contributed by atoms with E-state index in [0.717, 1.165) is 31.3 Å². The van der Waals surface area contributed by atoms with Gasteiger partial charge in [-0.3, -0.25) is 0 Å². The molecule has 1 heterocycles. The zero-order valence-electron chi connectivity index (χ0n) is 25.6. The molecule has 0 spiro atoms. The molecule has 0 radical (unpaired) electrons. The van der Waals surface area contributed by atoms with Crippen LogP contribution in [0, 0.1) is 0 Å². The number of carbonyl (C=O) groups is 1. The second-order valence-corrected chi connectivity index (χ2v) is 10.8. The van der Waals surface area contributed by atoms with Crippen LogP contribution in [0.15, 0.2) is 104 Å². The van der Waals surface area contributed by atoms with Crippen molar-refractivity contribution in [3.8, 4) is 17.2 Å². The number of fused-ring (bicyclic) bond motifs is 1. The summed E-state index contributed by atoms with van der Waals surface area (Å²) in [4.78, 5) is 26.0. The van der Waals surface area contributed by atoms with Crippen molar-refractivity contribution in [3.63, 3.8) is 0 Å². The van der Waals surface area contributed by atoms with Crippen molar-refractivity contribution in [2.24, 2.45) is 0 Å². The Morgan fingerprint density at radius 2 is 1.31 bits per heavy atom. The van der Waals surface area contributed by atoms with Crippen LogP contribution < -0.4 is 19.8 Å². The van der Waals surface area contributed by atoms with Gasteiger partial charge in [0.25, 0.3) is 5.75 Å². The van der Waals surface area contributed by atoms with E-state index in [1.807, 2.05) is 19.1 Å². The van der Waals surface area contributed by atoms with Crippen LogP contribution in [-0.4, -0.2) is 19.2 Å². The number of allylic oxidation sites excluding steroid dienone is 6. The average Bonchev–Trinajstić information content (AvgIpc) is 2.94. The second-order valence-electron chi connectivity index (χ2n) is 10.8. The number of esters is 1. The Labute approximate surface area is 249 Å². The Morgan fingerprint density at radius 3 is 1.90 bits per heavy atom. The highest BCUT2D eigenvalue weighted by atomic mass is 16.6. The maximum atomic E-state index is 13.1. The van der Waals surface area contributed by atoms with Gasteiger partial charge in [0.1, 0.15) is 29.9 Å². The highest BCUT2D eigenvalue weighted by Gasteiger charge is 2.24.